The van der Waals surface area contributed by atoms with E-state index in [1.165, 1.54) is 7.11 Å². The zero-order valence-corrected chi connectivity index (χ0v) is 12.0. The maximum Gasteiger partial charge on any atom is 0.305 e. The van der Waals surface area contributed by atoms with E-state index >= 15 is 0 Å². The Morgan fingerprint density at radius 2 is 1.94 bits per heavy atom. The molecule has 0 aliphatic carbocycles. The van der Waals surface area contributed by atoms with Gasteiger partial charge in [0.1, 0.15) is 5.75 Å². The number of carbonyl (C=O) groups excluding carboxylic acids is 1. The fourth-order valence-electron chi connectivity index (χ4n) is 1.11. The number of methoxy groups -OCH3 is 1. The van der Waals surface area contributed by atoms with Gasteiger partial charge < -0.3 is 9.47 Å². The van der Waals surface area contributed by atoms with Gasteiger partial charge in [-0.25, -0.2) is 0 Å². The summed E-state index contributed by atoms with van der Waals surface area (Å²) in [7, 11) is 1.38. The van der Waals surface area contributed by atoms with E-state index in [1.54, 1.807) is 0 Å². The van der Waals surface area contributed by atoms with Crippen molar-refractivity contribution in [1.82, 2.24) is 0 Å². The van der Waals surface area contributed by atoms with Crippen molar-refractivity contribution in [2.45, 2.75) is 12.8 Å². The summed E-state index contributed by atoms with van der Waals surface area (Å²) in [5.41, 5.74) is 0. The van der Waals surface area contributed by atoms with Crippen molar-refractivity contribution in [3.05, 3.63) is 27.1 Å². The van der Waals surface area contributed by atoms with Crippen LogP contribution in [0.1, 0.15) is 12.8 Å². The van der Waals surface area contributed by atoms with Crippen LogP contribution in [0.25, 0.3) is 0 Å². The minimum absolute atomic E-state index is 0.213. The fourth-order valence-corrected chi connectivity index (χ4v) is 2.34. The van der Waals surface area contributed by atoms with Gasteiger partial charge in [-0.1, -0.05) is 6.07 Å². The highest BCUT2D eigenvalue weighted by atomic mass is 79.9. The SMILES string of the molecule is COC(=O)CCCOc1c(Br)cccc1Br. The molecule has 16 heavy (non-hydrogen) atoms. The van der Waals surface area contributed by atoms with Crippen LogP contribution in [0.4, 0.5) is 0 Å². The first-order valence-electron chi connectivity index (χ1n) is 4.78. The van der Waals surface area contributed by atoms with Gasteiger partial charge in [-0.2, -0.15) is 0 Å². The maximum absolute atomic E-state index is 10.9. The second-order valence-electron chi connectivity index (χ2n) is 3.08. The zero-order chi connectivity index (χ0) is 12.0. The van der Waals surface area contributed by atoms with Crippen LogP contribution in [0, 0.1) is 0 Å². The van der Waals surface area contributed by atoms with Gasteiger partial charge in [0, 0.05) is 6.42 Å². The van der Waals surface area contributed by atoms with Crippen molar-refractivity contribution in [3.8, 4) is 5.75 Å². The molecule has 0 saturated carbocycles. The first-order valence-corrected chi connectivity index (χ1v) is 6.37. The molecule has 0 unspecified atom stereocenters. The van der Waals surface area contributed by atoms with E-state index in [4.69, 9.17) is 4.74 Å². The number of esters is 1. The van der Waals surface area contributed by atoms with Crippen LogP contribution in [0.3, 0.4) is 0 Å². The molecule has 88 valence electrons. The van der Waals surface area contributed by atoms with Gasteiger partial charge in [0.05, 0.1) is 22.7 Å². The third-order valence-electron chi connectivity index (χ3n) is 1.92. The largest absolute Gasteiger partial charge is 0.491 e. The molecule has 1 aromatic rings. The molecule has 0 aliphatic heterocycles. The number of hydrogen-bond acceptors (Lipinski definition) is 3. The Morgan fingerprint density at radius 1 is 1.31 bits per heavy atom. The number of ether oxygens (including phenoxy) is 2. The smallest absolute Gasteiger partial charge is 0.305 e. The molecule has 0 amide bonds. The molecule has 0 fully saturated rings. The summed E-state index contributed by atoms with van der Waals surface area (Å²) in [6.07, 6.45) is 1.01. The lowest BCUT2D eigenvalue weighted by atomic mass is 10.3. The summed E-state index contributed by atoms with van der Waals surface area (Å²) in [4.78, 5) is 10.9. The summed E-state index contributed by atoms with van der Waals surface area (Å²) in [5.74, 6) is 0.544. The predicted molar refractivity (Wildman–Crippen MR) is 68.6 cm³/mol. The van der Waals surface area contributed by atoms with Crippen molar-refractivity contribution >= 4 is 37.8 Å². The summed E-state index contributed by atoms with van der Waals surface area (Å²) < 4.78 is 11.9. The summed E-state index contributed by atoms with van der Waals surface area (Å²) in [6, 6.07) is 5.72. The zero-order valence-electron chi connectivity index (χ0n) is 8.83. The normalized spacial score (nSPS) is 9.94. The molecule has 0 bridgehead atoms. The summed E-state index contributed by atoms with van der Waals surface area (Å²) in [6.45, 7) is 0.482. The molecule has 1 aromatic carbocycles. The Bertz CT molecular complexity index is 346. The second kappa shape index (κ2) is 6.91. The van der Waals surface area contributed by atoms with E-state index in [0.717, 1.165) is 14.7 Å². The van der Waals surface area contributed by atoms with Gasteiger partial charge in [0.2, 0.25) is 0 Å². The van der Waals surface area contributed by atoms with Crippen LogP contribution in [-0.4, -0.2) is 19.7 Å². The summed E-state index contributed by atoms with van der Waals surface area (Å²) >= 11 is 6.79. The molecule has 1 rings (SSSR count). The van der Waals surface area contributed by atoms with E-state index < -0.39 is 0 Å². The van der Waals surface area contributed by atoms with E-state index in [2.05, 4.69) is 36.6 Å². The Morgan fingerprint density at radius 3 is 2.50 bits per heavy atom. The van der Waals surface area contributed by atoms with Crippen LogP contribution in [0.5, 0.6) is 5.75 Å². The molecule has 0 radical (unpaired) electrons. The number of halogens is 2. The minimum Gasteiger partial charge on any atom is -0.491 e. The van der Waals surface area contributed by atoms with Gasteiger partial charge in [0.25, 0.3) is 0 Å². The van der Waals surface area contributed by atoms with Crippen molar-refractivity contribution in [2.75, 3.05) is 13.7 Å². The average molecular weight is 352 g/mol. The van der Waals surface area contributed by atoms with Crippen LogP contribution in [-0.2, 0) is 9.53 Å². The quantitative estimate of drug-likeness (QED) is 0.601. The number of rotatable bonds is 5. The van der Waals surface area contributed by atoms with Crippen molar-refractivity contribution in [2.24, 2.45) is 0 Å². The molecule has 0 aromatic heterocycles. The number of benzene rings is 1. The van der Waals surface area contributed by atoms with Gasteiger partial charge in [0.15, 0.2) is 0 Å². The number of carbonyl (C=O) groups is 1. The van der Waals surface area contributed by atoms with Crippen LogP contribution < -0.4 is 4.74 Å². The third kappa shape index (κ3) is 4.14. The first-order chi connectivity index (χ1) is 7.65. The van der Waals surface area contributed by atoms with Gasteiger partial charge in [-0.05, 0) is 50.4 Å². The molecular weight excluding hydrogens is 340 g/mol. The second-order valence-corrected chi connectivity index (χ2v) is 4.79. The summed E-state index contributed by atoms with van der Waals surface area (Å²) in [5, 5.41) is 0. The topological polar surface area (TPSA) is 35.5 Å². The van der Waals surface area contributed by atoms with Crippen LogP contribution >= 0.6 is 31.9 Å². The maximum atomic E-state index is 10.9. The molecule has 0 aliphatic rings. The standard InChI is InChI=1S/C11H12Br2O3/c1-15-10(14)6-3-7-16-11-8(12)4-2-5-9(11)13/h2,4-5H,3,6-7H2,1H3. The molecule has 0 spiro atoms. The van der Waals surface area contributed by atoms with E-state index in [1.807, 2.05) is 18.2 Å². The van der Waals surface area contributed by atoms with Crippen LogP contribution in [0.2, 0.25) is 0 Å². The van der Waals surface area contributed by atoms with Gasteiger partial charge in [-0.3, -0.25) is 4.79 Å². The van der Waals surface area contributed by atoms with E-state index in [9.17, 15) is 4.79 Å². The fraction of sp³-hybridized carbons (Fsp3) is 0.364. The van der Waals surface area contributed by atoms with Crippen molar-refractivity contribution < 1.29 is 14.3 Å². The molecule has 0 heterocycles. The lowest BCUT2D eigenvalue weighted by molar-refractivity contribution is -0.140. The highest BCUT2D eigenvalue weighted by molar-refractivity contribution is 9.11. The monoisotopic (exact) mass is 350 g/mol. The van der Waals surface area contributed by atoms with Crippen molar-refractivity contribution in [3.63, 3.8) is 0 Å². The molecule has 3 nitrogen and oxygen atoms in total. The Labute approximate surface area is 111 Å². The Balaban J connectivity index is 2.40. The molecule has 0 atom stereocenters. The third-order valence-corrected chi connectivity index (χ3v) is 3.17. The predicted octanol–water partition coefficient (Wildman–Crippen LogP) is 3.54. The van der Waals surface area contributed by atoms with Gasteiger partial charge in [-0.15, -0.1) is 0 Å². The number of para-hydroxylation sites is 1. The van der Waals surface area contributed by atoms with Crippen LogP contribution in [0.15, 0.2) is 27.1 Å². The van der Waals surface area contributed by atoms with E-state index in [-0.39, 0.29) is 5.97 Å². The molecule has 0 N–H and O–H groups in total. The lowest BCUT2D eigenvalue weighted by Crippen LogP contribution is -2.05. The highest BCUT2D eigenvalue weighted by Crippen LogP contribution is 2.32. The van der Waals surface area contributed by atoms with E-state index in [0.29, 0.717) is 19.4 Å². The Hall–Kier alpha value is -0.550. The molecular formula is C11H12Br2O3. The van der Waals surface area contributed by atoms with Crippen molar-refractivity contribution in [1.29, 1.82) is 0 Å². The molecule has 5 heteroatoms. The average Bonchev–Trinajstić information content (AvgIpc) is 2.27. The Kier molecular flexibility index (Phi) is 5.84. The number of hydrogen-bond donors (Lipinski definition) is 0. The minimum atomic E-state index is -0.213. The molecule has 0 saturated heterocycles. The van der Waals surface area contributed by atoms with Gasteiger partial charge >= 0.3 is 5.97 Å². The first kappa shape index (κ1) is 13.5. The highest BCUT2D eigenvalue weighted by Gasteiger charge is 2.06. The lowest BCUT2D eigenvalue weighted by Gasteiger charge is -2.09.